The van der Waals surface area contributed by atoms with Gasteiger partial charge in [0.2, 0.25) is 0 Å². The second-order valence-electron chi connectivity index (χ2n) is 10.2. The Labute approximate surface area is 235 Å². The van der Waals surface area contributed by atoms with Crippen molar-refractivity contribution in [3.8, 4) is 0 Å². The summed E-state index contributed by atoms with van der Waals surface area (Å²) < 4.78 is 25.0. The van der Waals surface area contributed by atoms with Crippen molar-refractivity contribution in [3.63, 3.8) is 0 Å². The van der Waals surface area contributed by atoms with Crippen LogP contribution in [0.4, 0.5) is 0 Å². The molecule has 0 saturated heterocycles. The highest BCUT2D eigenvalue weighted by Gasteiger charge is 2.62. The molecule has 5 atom stereocenters. The maximum atomic E-state index is 12.1. The van der Waals surface area contributed by atoms with E-state index in [1.165, 1.54) is 0 Å². The molecule has 0 bridgehead atoms. The Morgan fingerprint density at radius 1 is 0.500 bits per heavy atom. The zero-order valence-corrected chi connectivity index (χ0v) is 22.4. The Balaban J connectivity index is 1.40. The van der Waals surface area contributed by atoms with Crippen LogP contribution < -0.4 is 0 Å². The average molecular weight is 541 g/mol. The fraction of sp³-hybridized carbons (Fsp3) is 0.294. The summed E-state index contributed by atoms with van der Waals surface area (Å²) in [6, 6.07) is 39.0. The van der Waals surface area contributed by atoms with Gasteiger partial charge in [0.05, 0.1) is 33.0 Å². The second kappa shape index (κ2) is 13.8. The SMILES string of the molecule is O[C@@H]1[C@@H](OCc2ccccc2)[C@@H](OCc2ccccc2)[C@H](OCc2ccccc2)[C@@]1(O)COCc1ccccc1. The molecule has 0 unspecified atom stereocenters. The zero-order valence-electron chi connectivity index (χ0n) is 22.4. The van der Waals surface area contributed by atoms with Crippen LogP contribution in [0, 0.1) is 0 Å². The van der Waals surface area contributed by atoms with Crippen LogP contribution >= 0.6 is 0 Å². The van der Waals surface area contributed by atoms with Gasteiger partial charge in [-0.15, -0.1) is 0 Å². The third kappa shape index (κ3) is 7.04. The summed E-state index contributed by atoms with van der Waals surface area (Å²) in [5, 5.41) is 23.7. The van der Waals surface area contributed by atoms with Crippen molar-refractivity contribution >= 4 is 0 Å². The number of rotatable bonds is 13. The van der Waals surface area contributed by atoms with Gasteiger partial charge in [-0.05, 0) is 22.3 Å². The molecule has 1 saturated carbocycles. The lowest BCUT2D eigenvalue weighted by Gasteiger charge is -2.33. The second-order valence-corrected chi connectivity index (χ2v) is 10.2. The van der Waals surface area contributed by atoms with Crippen LogP contribution in [0.3, 0.4) is 0 Å². The summed E-state index contributed by atoms with van der Waals surface area (Å²) in [6.45, 7) is 0.886. The summed E-state index contributed by atoms with van der Waals surface area (Å²) >= 11 is 0. The van der Waals surface area contributed by atoms with Crippen molar-refractivity contribution < 1.29 is 29.2 Å². The normalized spacial score (nSPS) is 24.2. The molecular weight excluding hydrogens is 504 g/mol. The predicted octanol–water partition coefficient (Wildman–Crippen LogP) is 5.07. The van der Waals surface area contributed by atoms with E-state index in [1.54, 1.807) is 0 Å². The molecule has 0 aliphatic heterocycles. The molecule has 6 heteroatoms. The molecule has 4 aromatic rings. The number of aliphatic hydroxyl groups is 2. The molecule has 6 nitrogen and oxygen atoms in total. The van der Waals surface area contributed by atoms with Crippen LogP contribution in [-0.4, -0.2) is 46.8 Å². The van der Waals surface area contributed by atoms with E-state index >= 15 is 0 Å². The Morgan fingerprint density at radius 2 is 0.875 bits per heavy atom. The number of benzene rings is 4. The highest BCUT2D eigenvalue weighted by atomic mass is 16.6. The van der Waals surface area contributed by atoms with E-state index in [1.807, 2.05) is 121 Å². The highest BCUT2D eigenvalue weighted by Crippen LogP contribution is 2.39. The smallest absolute Gasteiger partial charge is 0.145 e. The standard InChI is InChI=1S/C34H36O6/c35-32-30(38-22-27-15-7-2-8-16-27)31(39-23-28-17-9-3-10-18-28)33(40-24-29-19-11-4-12-20-29)34(32,36)25-37-21-26-13-5-1-6-14-26/h1-20,30-33,35-36H,21-25H2/t30-,31+,32+,33-,34+/m0/s1. The van der Waals surface area contributed by atoms with Crippen LogP contribution in [0.15, 0.2) is 121 Å². The van der Waals surface area contributed by atoms with Gasteiger partial charge in [0.1, 0.15) is 30.0 Å². The average Bonchev–Trinajstić information content (AvgIpc) is 3.20. The monoisotopic (exact) mass is 540 g/mol. The molecule has 0 aromatic heterocycles. The van der Waals surface area contributed by atoms with Gasteiger partial charge < -0.3 is 29.2 Å². The van der Waals surface area contributed by atoms with Crippen LogP contribution in [0.25, 0.3) is 0 Å². The highest BCUT2D eigenvalue weighted by molar-refractivity contribution is 5.19. The molecule has 1 aliphatic carbocycles. The van der Waals surface area contributed by atoms with Gasteiger partial charge in [-0.25, -0.2) is 0 Å². The molecule has 1 aliphatic rings. The quantitative estimate of drug-likeness (QED) is 0.247. The van der Waals surface area contributed by atoms with Crippen LogP contribution in [0.5, 0.6) is 0 Å². The van der Waals surface area contributed by atoms with Crippen LogP contribution in [0.1, 0.15) is 22.3 Å². The maximum absolute atomic E-state index is 12.1. The first-order valence-electron chi connectivity index (χ1n) is 13.6. The van der Waals surface area contributed by atoms with Gasteiger partial charge in [-0.1, -0.05) is 121 Å². The first kappa shape index (κ1) is 28.2. The van der Waals surface area contributed by atoms with E-state index in [0.29, 0.717) is 0 Å². The lowest BCUT2D eigenvalue weighted by Crippen LogP contribution is -2.53. The Morgan fingerprint density at radius 3 is 1.32 bits per heavy atom. The van der Waals surface area contributed by atoms with Crippen molar-refractivity contribution in [2.45, 2.75) is 56.4 Å². The lowest BCUT2D eigenvalue weighted by atomic mass is 9.98. The molecule has 0 spiro atoms. The van der Waals surface area contributed by atoms with E-state index in [-0.39, 0.29) is 33.0 Å². The van der Waals surface area contributed by atoms with Gasteiger partial charge in [0.25, 0.3) is 0 Å². The van der Waals surface area contributed by atoms with Gasteiger partial charge >= 0.3 is 0 Å². The number of ether oxygens (including phenoxy) is 4. The predicted molar refractivity (Wildman–Crippen MR) is 152 cm³/mol. The number of hydrogen-bond donors (Lipinski definition) is 2. The Hall–Kier alpha value is -3.36. The van der Waals surface area contributed by atoms with E-state index in [9.17, 15) is 10.2 Å². The summed E-state index contributed by atoms with van der Waals surface area (Å²) in [4.78, 5) is 0. The van der Waals surface area contributed by atoms with Crippen molar-refractivity contribution in [1.82, 2.24) is 0 Å². The summed E-state index contributed by atoms with van der Waals surface area (Å²) in [6.07, 6.45) is -3.83. The fourth-order valence-electron chi connectivity index (χ4n) is 5.06. The molecular formula is C34H36O6. The van der Waals surface area contributed by atoms with Crippen molar-refractivity contribution in [1.29, 1.82) is 0 Å². The minimum atomic E-state index is -1.77. The van der Waals surface area contributed by atoms with Gasteiger partial charge in [0.15, 0.2) is 0 Å². The summed E-state index contributed by atoms with van der Waals surface area (Å²) in [7, 11) is 0. The molecule has 5 rings (SSSR count). The molecule has 0 amide bonds. The molecule has 1 fully saturated rings. The van der Waals surface area contributed by atoms with Gasteiger partial charge in [0, 0.05) is 0 Å². The lowest BCUT2D eigenvalue weighted by molar-refractivity contribution is -0.189. The van der Waals surface area contributed by atoms with Crippen molar-refractivity contribution in [3.05, 3.63) is 144 Å². The molecule has 0 radical (unpaired) electrons. The van der Waals surface area contributed by atoms with Gasteiger partial charge in [-0.2, -0.15) is 0 Å². The van der Waals surface area contributed by atoms with Crippen molar-refractivity contribution in [2.75, 3.05) is 6.61 Å². The first-order chi connectivity index (χ1) is 19.6. The molecule has 4 aromatic carbocycles. The van der Waals surface area contributed by atoms with Crippen LogP contribution in [0.2, 0.25) is 0 Å². The minimum Gasteiger partial charge on any atom is -0.387 e. The molecule has 208 valence electrons. The van der Waals surface area contributed by atoms with E-state index in [0.717, 1.165) is 22.3 Å². The fourth-order valence-corrected chi connectivity index (χ4v) is 5.06. The summed E-state index contributed by atoms with van der Waals surface area (Å²) in [5.41, 5.74) is 2.06. The minimum absolute atomic E-state index is 0.154. The third-order valence-electron chi connectivity index (χ3n) is 7.23. The van der Waals surface area contributed by atoms with E-state index in [4.69, 9.17) is 18.9 Å². The number of hydrogen-bond acceptors (Lipinski definition) is 6. The Kier molecular flexibility index (Phi) is 9.73. The largest absolute Gasteiger partial charge is 0.387 e. The maximum Gasteiger partial charge on any atom is 0.145 e. The zero-order chi connectivity index (χ0) is 27.6. The molecule has 40 heavy (non-hydrogen) atoms. The first-order valence-corrected chi connectivity index (χ1v) is 13.6. The van der Waals surface area contributed by atoms with E-state index in [2.05, 4.69) is 0 Å². The van der Waals surface area contributed by atoms with Crippen LogP contribution in [-0.2, 0) is 45.4 Å². The van der Waals surface area contributed by atoms with E-state index < -0.39 is 30.0 Å². The number of aliphatic hydroxyl groups excluding tert-OH is 1. The topological polar surface area (TPSA) is 77.4 Å². The summed E-state index contributed by atoms with van der Waals surface area (Å²) in [5.74, 6) is 0. The van der Waals surface area contributed by atoms with Gasteiger partial charge in [-0.3, -0.25) is 0 Å². The molecule has 2 N–H and O–H groups in total. The Bertz CT molecular complexity index is 1270. The third-order valence-corrected chi connectivity index (χ3v) is 7.23. The van der Waals surface area contributed by atoms with Crippen molar-refractivity contribution in [2.24, 2.45) is 0 Å². The molecule has 0 heterocycles.